The second kappa shape index (κ2) is 8.25. The molecule has 0 N–H and O–H groups in total. The van der Waals surface area contributed by atoms with Gasteiger partial charge in [0, 0.05) is 12.0 Å². The number of carbonyl (C=O) groups excluding carboxylic acids is 1. The highest BCUT2D eigenvalue weighted by Crippen LogP contribution is 2.56. The molecule has 26 heavy (non-hydrogen) atoms. The highest BCUT2D eigenvalue weighted by molar-refractivity contribution is 7.98. The molecule has 3 aromatic carbocycles. The maximum absolute atomic E-state index is 12.4. The minimum Gasteiger partial charge on any atom is -0.294 e. The first-order chi connectivity index (χ1) is 12.6. The Bertz CT molecular complexity index is 771. The molecule has 2 heteroatoms. The molecule has 0 bridgehead atoms. The van der Waals surface area contributed by atoms with Gasteiger partial charge in [-0.15, -0.1) is 0 Å². The monoisotopic (exact) mass is 359 g/mol. The third-order valence-corrected chi connectivity index (χ3v) is 8.46. The summed E-state index contributed by atoms with van der Waals surface area (Å²) >= 11 is 0. The fraction of sp³-hybridized carbons (Fsp3) is 0.125. The van der Waals surface area contributed by atoms with Gasteiger partial charge in [0.25, 0.3) is 0 Å². The summed E-state index contributed by atoms with van der Waals surface area (Å²) in [6, 6.07) is 31.7. The van der Waals surface area contributed by atoms with Crippen molar-refractivity contribution in [2.75, 3.05) is 0 Å². The highest BCUT2D eigenvalue weighted by Gasteiger charge is 2.43. The summed E-state index contributed by atoms with van der Waals surface area (Å²) in [7, 11) is -2.05. The van der Waals surface area contributed by atoms with Crippen molar-refractivity contribution < 1.29 is 4.79 Å². The molecule has 0 amide bonds. The van der Waals surface area contributed by atoms with Crippen molar-refractivity contribution in [3.8, 4) is 0 Å². The van der Waals surface area contributed by atoms with E-state index >= 15 is 0 Å². The summed E-state index contributed by atoms with van der Waals surface area (Å²) in [5, 5.41) is 3.76. The maximum Gasteiger partial charge on any atom is 0.161 e. The second-order valence-electron chi connectivity index (χ2n) is 6.60. The maximum atomic E-state index is 12.4. The first-order valence-electron chi connectivity index (χ1n) is 8.93. The normalized spacial score (nSPS) is 11.8. The van der Waals surface area contributed by atoms with Crippen molar-refractivity contribution in [3.05, 3.63) is 103 Å². The fourth-order valence-corrected chi connectivity index (χ4v) is 6.78. The molecular weight excluding hydrogens is 335 g/mol. The Morgan fingerprint density at radius 3 is 1.35 bits per heavy atom. The largest absolute Gasteiger partial charge is 0.294 e. The van der Waals surface area contributed by atoms with Crippen LogP contribution in [0.4, 0.5) is 0 Å². The number of allylic oxidation sites excluding steroid dienone is 1. The lowest BCUT2D eigenvalue weighted by Crippen LogP contribution is -2.29. The highest BCUT2D eigenvalue weighted by atomic mass is 31.2. The van der Waals surface area contributed by atoms with Gasteiger partial charge in [-0.25, -0.2) is 0 Å². The molecule has 130 valence electrons. The minimum absolute atomic E-state index is 0.00419. The van der Waals surface area contributed by atoms with Crippen LogP contribution >= 0.6 is 7.26 Å². The van der Waals surface area contributed by atoms with E-state index < -0.39 is 7.26 Å². The van der Waals surface area contributed by atoms with E-state index in [1.807, 2.05) is 32.0 Å². The molecule has 0 radical (unpaired) electrons. The minimum atomic E-state index is -2.05. The van der Waals surface area contributed by atoms with Crippen molar-refractivity contribution in [1.29, 1.82) is 0 Å². The van der Waals surface area contributed by atoms with Gasteiger partial charge in [0.2, 0.25) is 0 Å². The van der Waals surface area contributed by atoms with Crippen LogP contribution in [0.3, 0.4) is 0 Å². The first-order valence-corrected chi connectivity index (χ1v) is 10.8. The van der Waals surface area contributed by atoms with Gasteiger partial charge in [0.05, 0.1) is 5.82 Å². The van der Waals surface area contributed by atoms with E-state index in [-0.39, 0.29) is 11.7 Å². The summed E-state index contributed by atoms with van der Waals surface area (Å²) in [5.41, 5.74) is 0. The van der Waals surface area contributed by atoms with Crippen LogP contribution in [0.2, 0.25) is 0 Å². The van der Waals surface area contributed by atoms with Crippen LogP contribution in [-0.2, 0) is 4.79 Å². The quantitative estimate of drug-likeness (QED) is 0.460. The lowest BCUT2D eigenvalue weighted by Gasteiger charge is -2.24. The summed E-state index contributed by atoms with van der Waals surface area (Å²) in [4.78, 5) is 12.4. The molecule has 0 aliphatic carbocycles. The number of hydrogen-bond acceptors (Lipinski definition) is 1. The third kappa shape index (κ3) is 3.69. The Morgan fingerprint density at radius 1 is 0.692 bits per heavy atom. The predicted molar refractivity (Wildman–Crippen MR) is 114 cm³/mol. The van der Waals surface area contributed by atoms with E-state index in [2.05, 4.69) is 78.6 Å². The Morgan fingerprint density at radius 2 is 1.04 bits per heavy atom. The van der Waals surface area contributed by atoms with Crippen LogP contribution in [0, 0.1) is 5.92 Å². The first kappa shape index (κ1) is 18.3. The third-order valence-electron chi connectivity index (χ3n) is 4.52. The zero-order valence-corrected chi connectivity index (χ0v) is 16.1. The SMILES string of the molecule is CC(C)C(=O)C=C[P+](c1ccccc1)(c1ccccc1)c1ccccc1. The van der Waals surface area contributed by atoms with Crippen LogP contribution in [-0.4, -0.2) is 5.78 Å². The number of carbonyl (C=O) groups is 1. The Labute approximate surface area is 156 Å². The van der Waals surface area contributed by atoms with Crippen molar-refractivity contribution in [2.45, 2.75) is 13.8 Å². The topological polar surface area (TPSA) is 17.1 Å². The molecule has 0 spiro atoms. The van der Waals surface area contributed by atoms with Crippen molar-refractivity contribution in [2.24, 2.45) is 5.92 Å². The van der Waals surface area contributed by atoms with E-state index in [1.165, 1.54) is 15.9 Å². The number of hydrogen-bond donors (Lipinski definition) is 0. The Balaban J connectivity index is 2.30. The Hall–Kier alpha value is -2.50. The van der Waals surface area contributed by atoms with Crippen LogP contribution in [0.15, 0.2) is 103 Å². The van der Waals surface area contributed by atoms with Crippen LogP contribution in [0.25, 0.3) is 0 Å². The number of rotatable bonds is 6. The van der Waals surface area contributed by atoms with E-state index in [1.54, 1.807) is 6.08 Å². The van der Waals surface area contributed by atoms with Crippen LogP contribution in [0.1, 0.15) is 13.8 Å². The molecule has 0 saturated carbocycles. The van der Waals surface area contributed by atoms with Crippen molar-refractivity contribution in [1.82, 2.24) is 0 Å². The van der Waals surface area contributed by atoms with E-state index in [4.69, 9.17) is 0 Å². The average Bonchev–Trinajstić information content (AvgIpc) is 2.70. The molecule has 3 aromatic rings. The van der Waals surface area contributed by atoms with Crippen LogP contribution < -0.4 is 15.9 Å². The summed E-state index contributed by atoms with van der Waals surface area (Å²) in [5.74, 6) is 2.34. The van der Waals surface area contributed by atoms with Gasteiger partial charge in [-0.05, 0) is 36.4 Å². The number of ketones is 1. The van der Waals surface area contributed by atoms with Gasteiger partial charge in [0.15, 0.2) is 5.78 Å². The second-order valence-corrected chi connectivity index (χ2v) is 9.89. The molecule has 3 rings (SSSR count). The molecule has 1 nitrogen and oxygen atoms in total. The van der Waals surface area contributed by atoms with Gasteiger partial charge < -0.3 is 0 Å². The molecule has 0 aromatic heterocycles. The predicted octanol–water partition coefficient (Wildman–Crippen LogP) is 4.72. The molecule has 0 saturated heterocycles. The van der Waals surface area contributed by atoms with Gasteiger partial charge in [-0.2, -0.15) is 0 Å². The number of benzene rings is 3. The van der Waals surface area contributed by atoms with Crippen LogP contribution in [0.5, 0.6) is 0 Å². The molecule has 0 aliphatic rings. The smallest absolute Gasteiger partial charge is 0.161 e. The lowest BCUT2D eigenvalue weighted by molar-refractivity contribution is -0.117. The molecule has 0 atom stereocenters. The zero-order chi connectivity index (χ0) is 18.4. The van der Waals surface area contributed by atoms with Gasteiger partial charge >= 0.3 is 0 Å². The zero-order valence-electron chi connectivity index (χ0n) is 15.2. The molecule has 0 fully saturated rings. The molecule has 0 unspecified atom stereocenters. The van der Waals surface area contributed by atoms with Crippen molar-refractivity contribution >= 4 is 29.0 Å². The Kier molecular flexibility index (Phi) is 5.81. The molecule has 0 heterocycles. The summed E-state index contributed by atoms with van der Waals surface area (Å²) in [6.45, 7) is 3.89. The summed E-state index contributed by atoms with van der Waals surface area (Å²) in [6.07, 6.45) is 1.80. The fourth-order valence-electron chi connectivity index (χ4n) is 3.07. The molecule has 0 aliphatic heterocycles. The lowest BCUT2D eigenvalue weighted by atomic mass is 10.1. The van der Waals surface area contributed by atoms with Gasteiger partial charge in [-0.3, -0.25) is 4.79 Å². The van der Waals surface area contributed by atoms with Gasteiger partial charge in [0.1, 0.15) is 23.2 Å². The van der Waals surface area contributed by atoms with Gasteiger partial charge in [-0.1, -0.05) is 68.4 Å². The van der Waals surface area contributed by atoms with E-state index in [0.29, 0.717) is 0 Å². The van der Waals surface area contributed by atoms with E-state index in [9.17, 15) is 4.79 Å². The van der Waals surface area contributed by atoms with E-state index in [0.717, 1.165) is 0 Å². The molecular formula is C24H24OP+. The summed E-state index contributed by atoms with van der Waals surface area (Å²) < 4.78 is 0. The standard InChI is InChI=1S/C24H24OP/c1-20(2)24(25)18-19-26(21-12-6-3-7-13-21,22-14-8-4-9-15-22)23-16-10-5-11-17-23/h3-20H,1-2H3/q+1. The average molecular weight is 359 g/mol. The van der Waals surface area contributed by atoms with Crippen molar-refractivity contribution in [3.63, 3.8) is 0 Å².